The van der Waals surface area contributed by atoms with Crippen molar-refractivity contribution in [2.24, 2.45) is 5.84 Å². The van der Waals surface area contributed by atoms with Gasteiger partial charge in [-0.3, -0.25) is 5.43 Å². The average Bonchev–Trinajstić information content (AvgIpc) is 2.78. The number of aromatic nitrogens is 1. The number of nitrogens with two attached hydrogens (primary N) is 1. The monoisotopic (exact) mass is 333 g/mol. The maximum atomic E-state index is 6.00. The van der Waals surface area contributed by atoms with Crippen molar-refractivity contribution in [1.29, 1.82) is 0 Å². The summed E-state index contributed by atoms with van der Waals surface area (Å²) in [6, 6.07) is 5.46. The van der Waals surface area contributed by atoms with Gasteiger partial charge < -0.3 is 4.74 Å². The minimum atomic E-state index is 0.412. The number of nitrogens with zero attached hydrogens (tertiary/aromatic N) is 1. The fourth-order valence-electron chi connectivity index (χ4n) is 1.18. The molecule has 17 heavy (non-hydrogen) atoms. The molecular weight excluding hydrogens is 326 g/mol. The van der Waals surface area contributed by atoms with E-state index in [0.717, 1.165) is 9.35 Å². The van der Waals surface area contributed by atoms with Crippen LogP contribution in [0.1, 0.15) is 4.88 Å². The summed E-state index contributed by atoms with van der Waals surface area (Å²) in [4.78, 5) is 5.01. The molecule has 1 aromatic carbocycles. The lowest BCUT2D eigenvalue weighted by atomic mass is 10.3. The molecule has 0 aliphatic carbocycles. The Bertz CT molecular complexity index is 520. The molecule has 0 fully saturated rings. The predicted octanol–water partition coefficient (Wildman–Crippen LogP) is 3.42. The van der Waals surface area contributed by atoms with Crippen molar-refractivity contribution in [3.05, 3.63) is 38.8 Å². The molecule has 1 aromatic heterocycles. The van der Waals surface area contributed by atoms with Gasteiger partial charge in [-0.25, -0.2) is 10.8 Å². The van der Waals surface area contributed by atoms with Crippen LogP contribution in [-0.2, 0) is 6.61 Å². The summed E-state index contributed by atoms with van der Waals surface area (Å²) < 4.78 is 6.52. The van der Waals surface area contributed by atoms with Gasteiger partial charge in [0.25, 0.3) is 0 Å². The van der Waals surface area contributed by atoms with Crippen LogP contribution in [0.15, 0.2) is 28.9 Å². The summed E-state index contributed by atoms with van der Waals surface area (Å²) in [6.07, 6.45) is 1.71. The molecule has 3 N–H and O–H groups in total. The zero-order valence-corrected chi connectivity index (χ0v) is 11.8. The van der Waals surface area contributed by atoms with Crippen molar-refractivity contribution in [3.8, 4) is 5.75 Å². The molecule has 0 saturated heterocycles. The standard InChI is InChI=1S/C10H9BrClN3OS/c11-6-1-2-8(12)9(3-6)16-5-7-4-14-10(15-13)17-7/h1-4H,5,13H2,(H,14,15). The Morgan fingerprint density at radius 1 is 1.53 bits per heavy atom. The van der Waals surface area contributed by atoms with E-state index in [2.05, 4.69) is 26.3 Å². The van der Waals surface area contributed by atoms with E-state index in [1.165, 1.54) is 11.3 Å². The first-order valence-corrected chi connectivity index (χ1v) is 6.67. The molecule has 2 aromatic rings. The van der Waals surface area contributed by atoms with Gasteiger partial charge in [0.1, 0.15) is 12.4 Å². The van der Waals surface area contributed by atoms with E-state index in [1.54, 1.807) is 12.3 Å². The molecule has 0 unspecified atom stereocenters. The highest BCUT2D eigenvalue weighted by Crippen LogP contribution is 2.29. The molecule has 1 heterocycles. The second kappa shape index (κ2) is 5.68. The predicted molar refractivity (Wildman–Crippen MR) is 73.4 cm³/mol. The number of hydrogen-bond acceptors (Lipinski definition) is 5. The third kappa shape index (κ3) is 3.32. The molecule has 0 radical (unpaired) electrons. The zero-order chi connectivity index (χ0) is 12.3. The van der Waals surface area contributed by atoms with E-state index < -0.39 is 0 Å². The van der Waals surface area contributed by atoms with Crippen LogP contribution in [0.4, 0.5) is 5.13 Å². The molecule has 0 atom stereocenters. The average molecular weight is 335 g/mol. The van der Waals surface area contributed by atoms with Crippen molar-refractivity contribution >= 4 is 44.0 Å². The van der Waals surface area contributed by atoms with E-state index in [9.17, 15) is 0 Å². The van der Waals surface area contributed by atoms with E-state index in [4.69, 9.17) is 22.2 Å². The topological polar surface area (TPSA) is 60.2 Å². The summed E-state index contributed by atoms with van der Waals surface area (Å²) >= 11 is 10.8. The van der Waals surface area contributed by atoms with Crippen molar-refractivity contribution < 1.29 is 4.74 Å². The number of nitrogen functional groups attached to an aromatic ring is 1. The molecule has 0 saturated carbocycles. The third-order valence-electron chi connectivity index (χ3n) is 1.94. The molecule has 0 aliphatic heterocycles. The Kier molecular flexibility index (Phi) is 4.22. The van der Waals surface area contributed by atoms with Crippen LogP contribution in [0, 0.1) is 0 Å². The molecule has 0 aliphatic rings. The lowest BCUT2D eigenvalue weighted by Gasteiger charge is -2.06. The number of halogens is 2. The van der Waals surface area contributed by atoms with E-state index >= 15 is 0 Å². The van der Waals surface area contributed by atoms with Gasteiger partial charge in [-0.05, 0) is 18.2 Å². The summed E-state index contributed by atoms with van der Waals surface area (Å²) in [5.41, 5.74) is 2.48. The number of nitrogens with one attached hydrogen (secondary N) is 1. The molecule has 0 amide bonds. The SMILES string of the molecule is NNc1ncc(COc2cc(Br)ccc2Cl)s1. The fraction of sp³-hybridized carbons (Fsp3) is 0.100. The minimum absolute atomic E-state index is 0.412. The molecule has 90 valence electrons. The number of rotatable bonds is 4. The highest BCUT2D eigenvalue weighted by Gasteiger charge is 2.05. The lowest BCUT2D eigenvalue weighted by Crippen LogP contribution is -2.05. The molecule has 0 spiro atoms. The molecule has 7 heteroatoms. The zero-order valence-electron chi connectivity index (χ0n) is 8.61. The van der Waals surface area contributed by atoms with Crippen LogP contribution in [0.25, 0.3) is 0 Å². The maximum Gasteiger partial charge on any atom is 0.197 e. The second-order valence-electron chi connectivity index (χ2n) is 3.14. The highest BCUT2D eigenvalue weighted by atomic mass is 79.9. The van der Waals surface area contributed by atoms with Crippen LogP contribution in [0.3, 0.4) is 0 Å². The Morgan fingerprint density at radius 2 is 2.35 bits per heavy atom. The lowest BCUT2D eigenvalue weighted by molar-refractivity contribution is 0.309. The normalized spacial score (nSPS) is 10.3. The number of hydrogen-bond donors (Lipinski definition) is 2. The van der Waals surface area contributed by atoms with Gasteiger partial charge in [0.05, 0.1) is 9.90 Å². The smallest absolute Gasteiger partial charge is 0.197 e. The van der Waals surface area contributed by atoms with Crippen LogP contribution in [-0.4, -0.2) is 4.98 Å². The Balaban J connectivity index is 2.04. The van der Waals surface area contributed by atoms with Gasteiger partial charge in [0.2, 0.25) is 0 Å². The molecule has 2 rings (SSSR count). The van der Waals surface area contributed by atoms with Crippen LogP contribution in [0.5, 0.6) is 5.75 Å². The third-order valence-corrected chi connectivity index (χ3v) is 3.65. The van der Waals surface area contributed by atoms with Gasteiger partial charge in [0.15, 0.2) is 5.13 Å². The number of benzene rings is 1. The summed E-state index contributed by atoms with van der Waals surface area (Å²) in [6.45, 7) is 0.412. The molecule has 4 nitrogen and oxygen atoms in total. The van der Waals surface area contributed by atoms with Crippen molar-refractivity contribution in [2.45, 2.75) is 6.61 Å². The van der Waals surface area contributed by atoms with Crippen LogP contribution < -0.4 is 16.0 Å². The number of thiazole rings is 1. The summed E-state index contributed by atoms with van der Waals surface area (Å²) in [5, 5.41) is 1.24. The van der Waals surface area contributed by atoms with Gasteiger partial charge in [-0.1, -0.05) is 38.9 Å². The fourth-order valence-corrected chi connectivity index (χ4v) is 2.33. The van der Waals surface area contributed by atoms with Crippen molar-refractivity contribution in [2.75, 3.05) is 5.43 Å². The molecule has 0 bridgehead atoms. The highest BCUT2D eigenvalue weighted by molar-refractivity contribution is 9.10. The van der Waals surface area contributed by atoms with Crippen molar-refractivity contribution in [1.82, 2.24) is 4.98 Å². The van der Waals surface area contributed by atoms with Crippen LogP contribution >= 0.6 is 38.9 Å². The van der Waals surface area contributed by atoms with E-state index in [-0.39, 0.29) is 0 Å². The molecular formula is C10H9BrClN3OS. The van der Waals surface area contributed by atoms with Crippen molar-refractivity contribution in [3.63, 3.8) is 0 Å². The largest absolute Gasteiger partial charge is 0.486 e. The van der Waals surface area contributed by atoms with E-state index in [0.29, 0.717) is 22.5 Å². The van der Waals surface area contributed by atoms with Gasteiger partial charge >= 0.3 is 0 Å². The number of anilines is 1. The second-order valence-corrected chi connectivity index (χ2v) is 5.58. The minimum Gasteiger partial charge on any atom is -0.486 e. The van der Waals surface area contributed by atoms with Crippen LogP contribution in [0.2, 0.25) is 5.02 Å². The Hall–Kier alpha value is -0.820. The number of hydrazine groups is 1. The summed E-state index contributed by atoms with van der Waals surface area (Å²) in [5.74, 6) is 5.88. The maximum absolute atomic E-state index is 6.00. The number of ether oxygens (including phenoxy) is 1. The quantitative estimate of drug-likeness (QED) is 0.664. The summed E-state index contributed by atoms with van der Waals surface area (Å²) in [7, 11) is 0. The van der Waals surface area contributed by atoms with Gasteiger partial charge in [-0.15, -0.1) is 0 Å². The first-order chi connectivity index (χ1) is 8.19. The first kappa shape index (κ1) is 12.6. The Morgan fingerprint density at radius 3 is 3.06 bits per heavy atom. The van der Waals surface area contributed by atoms with Gasteiger partial charge in [-0.2, -0.15) is 0 Å². The van der Waals surface area contributed by atoms with Gasteiger partial charge in [0, 0.05) is 10.7 Å². The van der Waals surface area contributed by atoms with E-state index in [1.807, 2.05) is 12.1 Å². The first-order valence-electron chi connectivity index (χ1n) is 4.68. The Labute approximate surface area is 116 Å².